The molecule has 0 saturated carbocycles. The number of carbonyl (C=O) groups excluding carboxylic acids is 1. The third kappa shape index (κ3) is 4.39. The van der Waals surface area contributed by atoms with E-state index in [2.05, 4.69) is 41.0 Å². The number of ketones is 1. The van der Waals surface area contributed by atoms with Crippen LogP contribution in [0.1, 0.15) is 29.9 Å². The van der Waals surface area contributed by atoms with Crippen LogP contribution in [-0.2, 0) is 43.9 Å². The second-order valence-corrected chi connectivity index (χ2v) is 7.53. The molecule has 3 heterocycles. The molecule has 0 bridgehead atoms. The van der Waals surface area contributed by atoms with E-state index in [-0.39, 0.29) is 38.5 Å². The predicted octanol–water partition coefficient (Wildman–Crippen LogP) is 3.64. The molecule has 5 heteroatoms. The zero-order valence-corrected chi connectivity index (χ0v) is 18.9. The Labute approximate surface area is 192 Å². The fourth-order valence-corrected chi connectivity index (χ4v) is 4.70. The summed E-state index contributed by atoms with van der Waals surface area (Å²) in [5.41, 5.74) is 4.11. The molecule has 1 fully saturated rings. The minimum absolute atomic E-state index is 0. The minimum atomic E-state index is -0.209. The Hall–Kier alpha value is -1.10. The van der Waals surface area contributed by atoms with E-state index in [0.717, 1.165) is 26.1 Å². The maximum atomic E-state index is 12.0. The van der Waals surface area contributed by atoms with E-state index in [1.54, 1.807) is 0 Å². The second kappa shape index (κ2) is 9.60. The first kappa shape index (κ1) is 21.6. The number of nitrogens with zero attached hydrogens (tertiary/aromatic N) is 2. The molecular formula is C23H25FN2OY-2. The van der Waals surface area contributed by atoms with Crippen molar-refractivity contribution in [3.05, 3.63) is 72.4 Å². The van der Waals surface area contributed by atoms with Crippen LogP contribution in [0.2, 0.25) is 0 Å². The van der Waals surface area contributed by atoms with Crippen LogP contribution in [-0.4, -0.2) is 42.9 Å². The van der Waals surface area contributed by atoms with Crippen molar-refractivity contribution in [2.24, 2.45) is 0 Å². The van der Waals surface area contributed by atoms with Gasteiger partial charge in [-0.2, -0.15) is 24.6 Å². The van der Waals surface area contributed by atoms with Crippen LogP contribution >= 0.6 is 0 Å². The molecular weight excluding hydrogens is 428 g/mol. The molecule has 1 saturated heterocycles. The van der Waals surface area contributed by atoms with Gasteiger partial charge in [-0.3, -0.25) is 4.79 Å². The van der Waals surface area contributed by atoms with E-state index < -0.39 is 0 Å². The van der Waals surface area contributed by atoms with Gasteiger partial charge in [0.2, 0.25) is 0 Å². The molecule has 0 aliphatic carbocycles. The van der Waals surface area contributed by atoms with Gasteiger partial charge >= 0.3 is 0 Å². The predicted molar refractivity (Wildman–Crippen MR) is 105 cm³/mol. The first-order valence-corrected chi connectivity index (χ1v) is 9.70. The van der Waals surface area contributed by atoms with Gasteiger partial charge in [0.1, 0.15) is 0 Å². The van der Waals surface area contributed by atoms with Crippen LogP contribution < -0.4 is 4.90 Å². The Kier molecular flexibility index (Phi) is 7.41. The average Bonchev–Trinajstić information content (AvgIpc) is 2.98. The number of hydrogen-bond acceptors (Lipinski definition) is 3. The van der Waals surface area contributed by atoms with Gasteiger partial charge in [-0.15, -0.1) is 12.1 Å². The molecule has 0 unspecified atom stereocenters. The molecule has 5 rings (SSSR count). The molecule has 0 aromatic heterocycles. The number of para-hydroxylation sites is 1. The number of anilines is 1. The third-order valence-corrected chi connectivity index (χ3v) is 5.78. The van der Waals surface area contributed by atoms with Gasteiger partial charge in [0.05, 0.1) is 6.54 Å². The van der Waals surface area contributed by atoms with Gasteiger partial charge in [0.25, 0.3) is 0 Å². The molecule has 2 atom stereocenters. The number of benzene rings is 2. The van der Waals surface area contributed by atoms with Crippen molar-refractivity contribution in [2.45, 2.75) is 31.2 Å². The molecule has 2 aromatic rings. The zero-order valence-electron chi connectivity index (χ0n) is 16.1. The van der Waals surface area contributed by atoms with Gasteiger partial charge in [0.15, 0.2) is 5.78 Å². The minimum Gasteiger partial charge on any atom is -0.360 e. The Morgan fingerprint density at radius 2 is 2.00 bits per heavy atom. The summed E-state index contributed by atoms with van der Waals surface area (Å²) < 4.78 is 11.9. The molecule has 0 spiro atoms. The summed E-state index contributed by atoms with van der Waals surface area (Å²) in [6, 6.07) is 15.6. The smallest absolute Gasteiger partial charge is 0.156 e. The summed E-state index contributed by atoms with van der Waals surface area (Å²) in [6.07, 6.45) is 2.78. The normalized spacial score (nSPS) is 22.5. The van der Waals surface area contributed by atoms with E-state index >= 15 is 0 Å². The molecule has 28 heavy (non-hydrogen) atoms. The van der Waals surface area contributed by atoms with Crippen molar-refractivity contribution in [3.63, 3.8) is 0 Å². The van der Waals surface area contributed by atoms with Gasteiger partial charge in [-0.1, -0.05) is 18.2 Å². The number of halogens is 1. The van der Waals surface area contributed by atoms with Crippen molar-refractivity contribution >= 4 is 11.5 Å². The van der Waals surface area contributed by atoms with E-state index in [0.29, 0.717) is 30.7 Å². The monoisotopic (exact) mass is 453 g/mol. The van der Waals surface area contributed by atoms with Crippen molar-refractivity contribution in [2.75, 3.05) is 31.1 Å². The number of rotatable bonds is 2. The van der Waals surface area contributed by atoms with Gasteiger partial charge in [0, 0.05) is 75.7 Å². The van der Waals surface area contributed by atoms with Crippen molar-refractivity contribution in [3.8, 4) is 0 Å². The molecule has 0 amide bonds. The Bertz CT molecular complexity index is 814. The van der Waals surface area contributed by atoms with Crippen LogP contribution in [0, 0.1) is 18.8 Å². The van der Waals surface area contributed by atoms with Crippen molar-refractivity contribution in [1.29, 1.82) is 0 Å². The number of Topliss-reactive ketones (excluding diaryl/α,β-unsaturated/α-hetero) is 1. The second-order valence-electron chi connectivity index (χ2n) is 7.53. The molecule has 3 nitrogen and oxygen atoms in total. The quantitative estimate of drug-likeness (QED) is 0.649. The summed E-state index contributed by atoms with van der Waals surface area (Å²) in [7, 11) is 0. The van der Waals surface area contributed by atoms with Crippen molar-refractivity contribution in [1.82, 2.24) is 4.90 Å². The van der Waals surface area contributed by atoms with E-state index in [9.17, 15) is 9.18 Å². The fraction of sp³-hybridized carbons (Fsp3) is 0.391. The maximum Gasteiger partial charge on any atom is 0.156 e. The third-order valence-electron chi connectivity index (χ3n) is 5.78. The van der Waals surface area contributed by atoms with Gasteiger partial charge in [-0.25, -0.2) is 4.39 Å². The SMILES string of the molecule is Fc1cc[c-]cc1.[CH2-]CCN1CC[C@H]2[C@@H](C1)c1cccc3c1N2CC(=O)C3.[Y]. The van der Waals surface area contributed by atoms with Crippen molar-refractivity contribution < 1.29 is 41.9 Å². The molecule has 145 valence electrons. The Balaban J connectivity index is 0.000000241. The van der Waals surface area contributed by atoms with E-state index in [1.165, 1.54) is 47.5 Å². The van der Waals surface area contributed by atoms with Crippen LogP contribution in [0.25, 0.3) is 0 Å². The zero-order chi connectivity index (χ0) is 18.8. The number of fused-ring (bicyclic) bond motifs is 3. The molecule has 2 aromatic carbocycles. The molecule has 3 aliphatic rings. The fourth-order valence-electron chi connectivity index (χ4n) is 4.70. The number of piperidine rings is 1. The Morgan fingerprint density at radius 3 is 2.68 bits per heavy atom. The van der Waals surface area contributed by atoms with E-state index in [4.69, 9.17) is 0 Å². The summed E-state index contributed by atoms with van der Waals surface area (Å²) in [5, 5.41) is 0. The molecule has 1 radical (unpaired) electrons. The maximum absolute atomic E-state index is 12.0. The van der Waals surface area contributed by atoms with Crippen LogP contribution in [0.15, 0.2) is 42.5 Å². The number of hydrogen-bond donors (Lipinski definition) is 0. The Morgan fingerprint density at radius 1 is 1.21 bits per heavy atom. The summed E-state index contributed by atoms with van der Waals surface area (Å²) in [5.74, 6) is 0.741. The van der Waals surface area contributed by atoms with E-state index in [1.807, 2.05) is 0 Å². The largest absolute Gasteiger partial charge is 0.360 e. The summed E-state index contributed by atoms with van der Waals surface area (Å²) in [4.78, 5) is 16.9. The van der Waals surface area contributed by atoms with Crippen LogP contribution in [0.5, 0.6) is 0 Å². The van der Waals surface area contributed by atoms with Crippen LogP contribution in [0.4, 0.5) is 10.1 Å². The van der Waals surface area contributed by atoms with Gasteiger partial charge < -0.3 is 16.7 Å². The topological polar surface area (TPSA) is 23.6 Å². The molecule has 3 aliphatic heterocycles. The first-order valence-electron chi connectivity index (χ1n) is 9.70. The average molecular weight is 453 g/mol. The molecule has 0 N–H and O–H groups in total. The summed E-state index contributed by atoms with van der Waals surface area (Å²) >= 11 is 0. The van der Waals surface area contributed by atoms with Crippen LogP contribution in [0.3, 0.4) is 0 Å². The van der Waals surface area contributed by atoms with Gasteiger partial charge in [-0.05, 0) is 24.1 Å². The standard InChI is InChI=1S/C17H21N2O.C6H4F.Y/c1-2-7-18-8-6-16-15(11-18)14-5-3-4-12-9-13(20)10-19(16)17(12)14;7-6-4-2-1-3-5-6;/h3-5,15-16H,1-2,6-11H2;2-5H;/q2*-1;/t15-,16-;;/m0../s1. The first-order chi connectivity index (χ1) is 13.2. The summed E-state index contributed by atoms with van der Waals surface area (Å²) in [6.45, 7) is 7.97. The number of carbonyl (C=O) groups is 1. The number of likely N-dealkylation sites (tertiary alicyclic amines) is 1.